The van der Waals surface area contributed by atoms with E-state index in [1.807, 2.05) is 111 Å². The van der Waals surface area contributed by atoms with Crippen LogP contribution in [-0.2, 0) is 0 Å². The van der Waals surface area contributed by atoms with E-state index in [2.05, 4.69) is 61.2 Å². The highest BCUT2D eigenvalue weighted by molar-refractivity contribution is 5.61. The molecule has 0 radical (unpaired) electrons. The minimum atomic E-state index is -0.927. The molecule has 5 aromatic carbocycles. The van der Waals surface area contributed by atoms with Gasteiger partial charge in [-0.3, -0.25) is 0 Å². The van der Waals surface area contributed by atoms with Crippen LogP contribution in [0.5, 0.6) is 23.0 Å². The molecule has 78 heavy (non-hydrogen) atoms. The Morgan fingerprint density at radius 1 is 0.333 bits per heavy atom. The second-order valence-electron chi connectivity index (χ2n) is 20.3. The molecule has 0 saturated heterocycles. The number of aliphatic hydroxyl groups excluding tert-OH is 4. The quantitative estimate of drug-likeness (QED) is 0.0249. The highest BCUT2D eigenvalue weighted by atomic mass is 16.5. The molecule has 0 aliphatic heterocycles. The maximum Gasteiger partial charge on any atom is 0.136 e. The molecule has 0 fully saturated rings. The summed E-state index contributed by atoms with van der Waals surface area (Å²) in [7, 11) is 0. The topological polar surface area (TPSA) is 118 Å². The van der Waals surface area contributed by atoms with Crippen LogP contribution < -0.4 is 18.9 Å². The first-order chi connectivity index (χ1) is 38.2. The molecule has 2 unspecified atom stereocenters. The molecule has 4 N–H and O–H groups in total. The highest BCUT2D eigenvalue weighted by Crippen LogP contribution is 2.30. The van der Waals surface area contributed by atoms with Crippen molar-refractivity contribution in [2.75, 3.05) is 39.6 Å². The second kappa shape index (κ2) is 37.2. The summed E-state index contributed by atoms with van der Waals surface area (Å²) in [6.07, 6.45) is 23.1. The summed E-state index contributed by atoms with van der Waals surface area (Å²) in [4.78, 5) is 0. The van der Waals surface area contributed by atoms with Crippen molar-refractivity contribution in [1.29, 1.82) is 0 Å². The lowest BCUT2D eigenvalue weighted by molar-refractivity contribution is 0.0534. The number of hydrogen-bond acceptors (Lipinski definition) is 8. The molecule has 0 aliphatic rings. The van der Waals surface area contributed by atoms with E-state index < -0.39 is 12.2 Å². The van der Waals surface area contributed by atoms with E-state index in [0.29, 0.717) is 36.2 Å². The summed E-state index contributed by atoms with van der Waals surface area (Å²) >= 11 is 0. The summed E-state index contributed by atoms with van der Waals surface area (Å²) in [5.74, 6) is 29.3. The van der Waals surface area contributed by atoms with Gasteiger partial charge in [-0.2, -0.15) is 0 Å². The third-order valence-corrected chi connectivity index (χ3v) is 13.4. The van der Waals surface area contributed by atoms with Crippen molar-refractivity contribution in [2.45, 2.75) is 168 Å². The van der Waals surface area contributed by atoms with Gasteiger partial charge in [-0.15, -0.1) is 0 Å². The summed E-state index contributed by atoms with van der Waals surface area (Å²) in [6.45, 7) is 8.90. The van der Waals surface area contributed by atoms with Crippen LogP contribution in [0.25, 0.3) is 0 Å². The van der Waals surface area contributed by atoms with Gasteiger partial charge in [0.25, 0.3) is 0 Å². The van der Waals surface area contributed by atoms with E-state index in [0.717, 1.165) is 81.3 Å². The molecule has 5 aromatic rings. The molecule has 0 aromatic heterocycles. The normalized spacial score (nSPS) is 11.4. The predicted octanol–water partition coefficient (Wildman–Crippen LogP) is 14.0. The Morgan fingerprint density at radius 3 is 0.923 bits per heavy atom. The number of ether oxygens (including phenoxy) is 4. The van der Waals surface area contributed by atoms with Crippen LogP contribution in [0.15, 0.2) is 97.1 Å². The first-order valence-electron chi connectivity index (χ1n) is 28.9. The van der Waals surface area contributed by atoms with E-state index in [1.165, 1.54) is 103 Å². The molecule has 0 spiro atoms. The lowest BCUT2D eigenvalue weighted by atomic mass is 10.1. The Bertz CT molecular complexity index is 2590. The summed E-state index contributed by atoms with van der Waals surface area (Å²) in [5, 5.41) is 37.6. The molecule has 2 atom stereocenters. The van der Waals surface area contributed by atoms with Crippen molar-refractivity contribution in [3.63, 3.8) is 0 Å². The van der Waals surface area contributed by atoms with Crippen molar-refractivity contribution >= 4 is 0 Å². The van der Waals surface area contributed by atoms with E-state index in [4.69, 9.17) is 29.2 Å². The predicted molar refractivity (Wildman–Crippen MR) is 317 cm³/mol. The molecule has 8 heteroatoms. The van der Waals surface area contributed by atoms with Crippen LogP contribution in [-0.4, -0.2) is 72.3 Å². The minimum Gasteiger partial charge on any atom is -0.492 e. The summed E-state index contributed by atoms with van der Waals surface area (Å²) in [6, 6.07) is 31.2. The molecule has 0 saturated carbocycles. The van der Waals surface area contributed by atoms with Crippen LogP contribution in [0.3, 0.4) is 0 Å². The second-order valence-corrected chi connectivity index (χ2v) is 20.3. The lowest BCUT2D eigenvalue weighted by Gasteiger charge is -2.14. The summed E-state index contributed by atoms with van der Waals surface area (Å²) in [5.41, 5.74) is 8.41. The van der Waals surface area contributed by atoms with E-state index >= 15 is 0 Å². The van der Waals surface area contributed by atoms with Crippen molar-refractivity contribution in [1.82, 2.24) is 0 Å². The smallest absolute Gasteiger partial charge is 0.136 e. The summed E-state index contributed by atoms with van der Waals surface area (Å²) < 4.78 is 24.5. The van der Waals surface area contributed by atoms with Crippen LogP contribution in [0.2, 0.25) is 0 Å². The van der Waals surface area contributed by atoms with E-state index in [-0.39, 0.29) is 26.4 Å². The van der Waals surface area contributed by atoms with Gasteiger partial charge in [0.05, 0.1) is 37.6 Å². The molecule has 414 valence electrons. The van der Waals surface area contributed by atoms with Crippen LogP contribution in [0.4, 0.5) is 0 Å². The van der Waals surface area contributed by atoms with E-state index in [9.17, 15) is 10.2 Å². The highest BCUT2D eigenvalue weighted by Gasteiger charge is 2.12. The number of unbranched alkanes of at least 4 members (excludes halogenated alkanes) is 18. The third-order valence-electron chi connectivity index (χ3n) is 13.4. The molecule has 0 heterocycles. The number of rotatable bonds is 32. The minimum absolute atomic E-state index is 0.0212. The fourth-order valence-corrected chi connectivity index (χ4v) is 8.63. The zero-order valence-electron chi connectivity index (χ0n) is 47.2. The van der Waals surface area contributed by atoms with Gasteiger partial charge >= 0.3 is 0 Å². The number of benzene rings is 5. The first-order valence-corrected chi connectivity index (χ1v) is 28.9. The average molecular weight is 1060 g/mol. The van der Waals surface area contributed by atoms with Gasteiger partial charge in [0.1, 0.15) is 48.4 Å². The van der Waals surface area contributed by atoms with Gasteiger partial charge < -0.3 is 39.4 Å². The fourth-order valence-electron chi connectivity index (χ4n) is 8.63. The van der Waals surface area contributed by atoms with Crippen molar-refractivity contribution in [2.24, 2.45) is 0 Å². The Morgan fingerprint density at radius 2 is 0.615 bits per heavy atom. The SMILES string of the molecule is CCCCCCCCCCCCOc1cc(C#Cc2ccc(C#Cc3ccc(OCC(O)CO)c(C)c3)cc2)c(OCCCCCCCCCCCC)cc1C#Cc1ccc(C#Cc2ccc(OCC(O)CO)c(C)c2)cc1. The van der Waals surface area contributed by atoms with Crippen molar-refractivity contribution < 1.29 is 39.4 Å². The van der Waals surface area contributed by atoms with Crippen molar-refractivity contribution in [3.05, 3.63) is 153 Å². The number of aryl methyl sites for hydroxylation is 2. The standard InChI is InChI=1S/C70H86O8/c1-5-7-9-11-13-15-17-19-21-23-45-75-69-49-64(42-38-60-31-27-58(28-32-60)34-36-62-40-44-68(56(4)48-62)78-54-66(74)52-72)70(76-46-24-22-20-18-16-14-12-10-8-6-2)50-63(69)41-37-59-29-25-57(26-30-59)33-35-61-39-43-67(55(3)47-61)77-53-65(73)51-71/h25-32,39-40,43-44,47-50,65-66,71-74H,5-24,45-46,51-54H2,1-4H3. The molecule has 0 bridgehead atoms. The van der Waals surface area contributed by atoms with Gasteiger partial charge in [-0.25, -0.2) is 0 Å². The molecule has 0 amide bonds. The van der Waals surface area contributed by atoms with E-state index in [1.54, 1.807) is 0 Å². The maximum atomic E-state index is 9.67. The molecule has 8 nitrogen and oxygen atoms in total. The molecular weight excluding hydrogens is 969 g/mol. The molecular formula is C70H86O8. The van der Waals surface area contributed by atoms with Crippen LogP contribution in [0.1, 0.15) is 198 Å². The number of hydrogen-bond donors (Lipinski definition) is 4. The van der Waals surface area contributed by atoms with Crippen molar-refractivity contribution in [3.8, 4) is 70.4 Å². The lowest BCUT2D eigenvalue weighted by Crippen LogP contribution is -2.21. The maximum absolute atomic E-state index is 9.67. The Labute approximate surface area is 468 Å². The van der Waals surface area contributed by atoms with Gasteiger partial charge in [0.2, 0.25) is 0 Å². The zero-order valence-corrected chi connectivity index (χ0v) is 47.2. The van der Waals surface area contributed by atoms with Crippen LogP contribution in [0, 0.1) is 61.2 Å². The monoisotopic (exact) mass is 1050 g/mol. The Kier molecular flexibility index (Phi) is 29.7. The average Bonchev–Trinajstić information content (AvgIpc) is 3.46. The first kappa shape index (κ1) is 62.2. The fraction of sp³-hybridized carbons (Fsp3) is 0.457. The van der Waals surface area contributed by atoms with Gasteiger partial charge in [-0.1, -0.05) is 177 Å². The van der Waals surface area contributed by atoms with Gasteiger partial charge in [-0.05, 0) is 123 Å². The Hall–Kier alpha value is -6.62. The third kappa shape index (κ3) is 24.4. The Balaban J connectivity index is 1.35. The van der Waals surface area contributed by atoms with Gasteiger partial charge in [0.15, 0.2) is 0 Å². The molecule has 0 aliphatic carbocycles. The number of aliphatic hydroxyl groups is 4. The molecule has 5 rings (SSSR count). The largest absolute Gasteiger partial charge is 0.492 e. The zero-order chi connectivity index (χ0) is 55.4. The van der Waals surface area contributed by atoms with Crippen LogP contribution >= 0.6 is 0 Å². The van der Waals surface area contributed by atoms with Gasteiger partial charge in [0, 0.05) is 45.5 Å².